The third-order valence-electron chi connectivity index (χ3n) is 5.26. The van der Waals surface area contributed by atoms with Crippen LogP contribution in [0.5, 0.6) is 5.75 Å². The van der Waals surface area contributed by atoms with Crippen LogP contribution in [0.25, 0.3) is 0 Å². The Morgan fingerprint density at radius 1 is 0.931 bits per heavy atom. The number of amides is 2. The average Bonchev–Trinajstić information content (AvgIpc) is 2.62. The molecule has 0 unspecified atom stereocenters. The van der Waals surface area contributed by atoms with E-state index in [0.717, 1.165) is 18.2 Å². The summed E-state index contributed by atoms with van der Waals surface area (Å²) < 4.78 is 44.9. The van der Waals surface area contributed by atoms with Crippen molar-refractivity contribution in [1.82, 2.24) is 10.6 Å². The van der Waals surface area contributed by atoms with Gasteiger partial charge >= 0.3 is 0 Å². The number of carbonyl (C=O) groups is 2. The lowest BCUT2D eigenvalue weighted by Gasteiger charge is -2.70. The number of nitrogens with one attached hydrogen (secondary N) is 2. The number of benzene rings is 2. The maximum Gasteiger partial charge on any atom is 0.258 e. The maximum absolute atomic E-state index is 13.4. The van der Waals surface area contributed by atoms with Crippen molar-refractivity contribution in [3.05, 3.63) is 64.4 Å². The van der Waals surface area contributed by atoms with Crippen LogP contribution in [-0.2, 0) is 4.79 Å². The van der Waals surface area contributed by atoms with Crippen LogP contribution >= 0.6 is 11.6 Å². The fourth-order valence-corrected chi connectivity index (χ4v) is 4.17. The summed E-state index contributed by atoms with van der Waals surface area (Å²) in [6, 6.07) is 6.87. The number of hydrogen-bond donors (Lipinski definition) is 2. The highest BCUT2D eigenvalue weighted by Gasteiger charge is 2.69. The summed E-state index contributed by atoms with van der Waals surface area (Å²) >= 11 is 5.59. The molecule has 3 saturated carbocycles. The first-order chi connectivity index (χ1) is 13.7. The Bertz CT molecular complexity index is 995. The minimum atomic E-state index is -1.08. The molecule has 3 fully saturated rings. The molecule has 0 aliphatic heterocycles. The number of ether oxygens (including phenoxy) is 1. The molecule has 3 aliphatic carbocycles. The zero-order valence-electron chi connectivity index (χ0n) is 15.0. The van der Waals surface area contributed by atoms with E-state index in [0.29, 0.717) is 19.3 Å². The molecule has 2 aromatic rings. The van der Waals surface area contributed by atoms with Crippen LogP contribution in [0, 0.1) is 17.5 Å². The van der Waals surface area contributed by atoms with E-state index in [1.54, 1.807) is 0 Å². The minimum absolute atomic E-state index is 0.0358. The van der Waals surface area contributed by atoms with Crippen LogP contribution in [0.15, 0.2) is 36.4 Å². The fourth-order valence-electron chi connectivity index (χ4n) is 4.05. The van der Waals surface area contributed by atoms with Crippen LogP contribution in [0.1, 0.15) is 29.6 Å². The molecular formula is C20H16ClF3N2O3. The Kier molecular flexibility index (Phi) is 4.69. The lowest BCUT2D eigenvalue weighted by Crippen LogP contribution is -2.84. The van der Waals surface area contributed by atoms with E-state index in [2.05, 4.69) is 10.6 Å². The molecule has 0 atom stereocenters. The van der Waals surface area contributed by atoms with Crippen LogP contribution in [0.4, 0.5) is 13.2 Å². The molecule has 5 nitrogen and oxygen atoms in total. The van der Waals surface area contributed by atoms with Crippen molar-refractivity contribution in [3.63, 3.8) is 0 Å². The summed E-state index contributed by atoms with van der Waals surface area (Å²) in [5.41, 5.74) is -0.821. The monoisotopic (exact) mass is 424 g/mol. The number of rotatable bonds is 6. The van der Waals surface area contributed by atoms with Gasteiger partial charge in [-0.15, -0.1) is 0 Å². The molecule has 0 saturated heterocycles. The van der Waals surface area contributed by atoms with Crippen LogP contribution < -0.4 is 15.4 Å². The highest BCUT2D eigenvalue weighted by Crippen LogP contribution is 2.60. The Balaban J connectivity index is 1.25. The normalized spacial score (nSPS) is 24.1. The molecule has 152 valence electrons. The van der Waals surface area contributed by atoms with Crippen LogP contribution in [0.2, 0.25) is 5.02 Å². The van der Waals surface area contributed by atoms with E-state index in [4.69, 9.17) is 16.3 Å². The molecule has 0 spiro atoms. The number of halogens is 4. The zero-order chi connectivity index (χ0) is 20.8. The van der Waals surface area contributed by atoms with Gasteiger partial charge in [-0.1, -0.05) is 11.6 Å². The highest BCUT2D eigenvalue weighted by atomic mass is 35.5. The summed E-state index contributed by atoms with van der Waals surface area (Å²) in [7, 11) is 0. The molecule has 2 aromatic carbocycles. The summed E-state index contributed by atoms with van der Waals surface area (Å²) in [6.45, 7) is -0.281. The fraction of sp³-hybridized carbons (Fsp3) is 0.300. The zero-order valence-corrected chi connectivity index (χ0v) is 15.8. The first-order valence-electron chi connectivity index (χ1n) is 8.86. The van der Waals surface area contributed by atoms with Gasteiger partial charge in [-0.25, -0.2) is 13.2 Å². The van der Waals surface area contributed by atoms with Gasteiger partial charge in [0.25, 0.3) is 11.8 Å². The van der Waals surface area contributed by atoms with Gasteiger partial charge in [-0.2, -0.15) is 0 Å². The molecule has 2 bridgehead atoms. The second-order valence-electron chi connectivity index (χ2n) is 7.59. The predicted molar refractivity (Wildman–Crippen MR) is 98.2 cm³/mol. The van der Waals surface area contributed by atoms with Crippen molar-refractivity contribution in [1.29, 1.82) is 0 Å². The minimum Gasteiger partial charge on any atom is -0.484 e. The van der Waals surface area contributed by atoms with E-state index in [1.165, 1.54) is 18.2 Å². The van der Waals surface area contributed by atoms with E-state index in [9.17, 15) is 22.8 Å². The Hall–Kier alpha value is -2.74. The smallest absolute Gasteiger partial charge is 0.258 e. The Morgan fingerprint density at radius 2 is 1.62 bits per heavy atom. The van der Waals surface area contributed by atoms with Gasteiger partial charge < -0.3 is 15.4 Å². The molecule has 29 heavy (non-hydrogen) atoms. The third kappa shape index (κ3) is 3.76. The first kappa shape index (κ1) is 19.6. The lowest BCUT2D eigenvalue weighted by atomic mass is 9.44. The summed E-state index contributed by atoms with van der Waals surface area (Å²) in [5.74, 6) is -3.40. The standard InChI is InChI=1S/C20H16ClF3N2O3/c21-13-3-2-12(6-15(13)23)29-7-17(27)25-19-8-20(9-19,10-19)26-18(28)11-1-4-14(22)16(24)5-11/h1-6H,7-10H2,(H,25,27)(H,26,28). The molecule has 2 amide bonds. The number of hydrogen-bond acceptors (Lipinski definition) is 3. The molecule has 0 radical (unpaired) electrons. The van der Waals surface area contributed by atoms with Crippen molar-refractivity contribution in [2.75, 3.05) is 6.61 Å². The second-order valence-corrected chi connectivity index (χ2v) is 7.99. The molecule has 0 aromatic heterocycles. The van der Waals surface area contributed by atoms with Gasteiger partial charge in [-0.3, -0.25) is 9.59 Å². The molecule has 9 heteroatoms. The molecule has 5 rings (SSSR count). The maximum atomic E-state index is 13.4. The molecular weight excluding hydrogens is 409 g/mol. The van der Waals surface area contributed by atoms with Gasteiger partial charge in [0, 0.05) is 22.7 Å². The summed E-state index contributed by atoms with van der Waals surface area (Å²) in [6.07, 6.45) is 1.62. The highest BCUT2D eigenvalue weighted by molar-refractivity contribution is 6.30. The molecule has 2 N–H and O–H groups in total. The Labute approximate surface area is 169 Å². The van der Waals surface area contributed by atoms with E-state index < -0.39 is 34.4 Å². The molecule has 0 heterocycles. The van der Waals surface area contributed by atoms with Gasteiger partial charge in [0.05, 0.1) is 5.02 Å². The van der Waals surface area contributed by atoms with Crippen LogP contribution in [-0.4, -0.2) is 29.5 Å². The van der Waals surface area contributed by atoms with Crippen molar-refractivity contribution < 1.29 is 27.5 Å². The van der Waals surface area contributed by atoms with Gasteiger partial charge in [0.15, 0.2) is 18.2 Å². The topological polar surface area (TPSA) is 67.4 Å². The van der Waals surface area contributed by atoms with E-state index >= 15 is 0 Å². The lowest BCUT2D eigenvalue weighted by molar-refractivity contribution is -0.141. The van der Waals surface area contributed by atoms with Gasteiger partial charge in [-0.05, 0) is 49.6 Å². The SMILES string of the molecule is O=C(COc1ccc(Cl)c(F)c1)NC12CC(NC(=O)c3ccc(F)c(F)c3)(C1)C2. The third-order valence-corrected chi connectivity index (χ3v) is 5.56. The van der Waals surface area contributed by atoms with E-state index in [-0.39, 0.29) is 28.8 Å². The predicted octanol–water partition coefficient (Wildman–Crippen LogP) is 3.36. The van der Waals surface area contributed by atoms with Gasteiger partial charge in [0.2, 0.25) is 0 Å². The van der Waals surface area contributed by atoms with E-state index in [1.807, 2.05) is 0 Å². The number of carbonyl (C=O) groups excluding carboxylic acids is 2. The van der Waals surface area contributed by atoms with Crippen molar-refractivity contribution >= 4 is 23.4 Å². The Morgan fingerprint density at radius 3 is 2.28 bits per heavy atom. The summed E-state index contributed by atoms with van der Waals surface area (Å²) in [5, 5.41) is 5.65. The van der Waals surface area contributed by atoms with Crippen molar-refractivity contribution in [2.24, 2.45) is 0 Å². The summed E-state index contributed by atoms with van der Waals surface area (Å²) in [4.78, 5) is 24.3. The second kappa shape index (κ2) is 6.95. The molecule has 3 aliphatic rings. The van der Waals surface area contributed by atoms with Crippen molar-refractivity contribution in [3.8, 4) is 5.75 Å². The average molecular weight is 425 g/mol. The largest absolute Gasteiger partial charge is 0.484 e. The first-order valence-corrected chi connectivity index (χ1v) is 9.24. The van der Waals surface area contributed by atoms with Gasteiger partial charge in [0.1, 0.15) is 11.6 Å². The quantitative estimate of drug-likeness (QED) is 0.747. The van der Waals surface area contributed by atoms with Crippen molar-refractivity contribution in [2.45, 2.75) is 30.3 Å². The van der Waals surface area contributed by atoms with Crippen LogP contribution in [0.3, 0.4) is 0 Å².